The second kappa shape index (κ2) is 10.6. The summed E-state index contributed by atoms with van der Waals surface area (Å²) >= 11 is 13.0. The lowest BCUT2D eigenvalue weighted by Crippen LogP contribution is -2.42. The van der Waals surface area contributed by atoms with Gasteiger partial charge in [-0.05, 0) is 51.8 Å². The molecule has 202 valence electrons. The SMILES string of the molecule is COC(=O)c1cc(Cl)c2c(c1)N(CC=C1CCN(C(=O)OC(C)(C)C)CC1)C(=O)C2(O)c1ccccc1Cl. The molecule has 2 heterocycles. The van der Waals surface area contributed by atoms with Gasteiger partial charge in [-0.2, -0.15) is 0 Å². The van der Waals surface area contributed by atoms with Gasteiger partial charge in [-0.1, -0.05) is 53.1 Å². The number of carbonyl (C=O) groups is 3. The standard InChI is InChI=1S/C28H30Cl2N2O6/c1-27(2,3)38-26(35)31-12-9-17(10-13-31)11-14-32-22-16-18(24(33)37-4)15-21(30)23(22)28(36,25(32)34)19-7-5-6-8-20(19)29/h5-8,11,15-16,36H,9-10,12-14H2,1-4H3. The molecule has 2 aliphatic heterocycles. The van der Waals surface area contributed by atoms with Crippen molar-refractivity contribution in [3.8, 4) is 0 Å². The van der Waals surface area contributed by atoms with Gasteiger partial charge < -0.3 is 24.4 Å². The molecule has 0 saturated carbocycles. The number of hydrogen-bond donors (Lipinski definition) is 1. The summed E-state index contributed by atoms with van der Waals surface area (Å²) in [5, 5.41) is 12.1. The second-order valence-corrected chi connectivity index (χ2v) is 11.1. The van der Waals surface area contributed by atoms with Crippen LogP contribution in [0.4, 0.5) is 10.5 Å². The van der Waals surface area contributed by atoms with Gasteiger partial charge in [0.15, 0.2) is 5.60 Å². The predicted molar refractivity (Wildman–Crippen MR) is 145 cm³/mol. The number of carbonyl (C=O) groups excluding carboxylic acids is 3. The van der Waals surface area contributed by atoms with Gasteiger partial charge in [-0.3, -0.25) is 4.79 Å². The molecular formula is C28H30Cl2N2O6. The van der Waals surface area contributed by atoms with E-state index in [1.54, 1.807) is 29.2 Å². The summed E-state index contributed by atoms with van der Waals surface area (Å²) in [5.74, 6) is -1.25. The fourth-order valence-corrected chi connectivity index (χ4v) is 5.35. The lowest BCUT2D eigenvalue weighted by molar-refractivity contribution is -0.132. The van der Waals surface area contributed by atoms with E-state index in [1.165, 1.54) is 24.1 Å². The highest BCUT2D eigenvalue weighted by Gasteiger charge is 2.53. The molecule has 1 fully saturated rings. The molecule has 0 aliphatic carbocycles. The van der Waals surface area contributed by atoms with E-state index in [1.807, 2.05) is 26.8 Å². The maximum atomic E-state index is 13.8. The van der Waals surface area contributed by atoms with Crippen LogP contribution in [0.2, 0.25) is 10.0 Å². The Bertz CT molecular complexity index is 1310. The normalized spacial score (nSPS) is 19.3. The highest BCUT2D eigenvalue weighted by Crippen LogP contribution is 2.50. The van der Waals surface area contributed by atoms with E-state index in [0.717, 1.165) is 5.57 Å². The van der Waals surface area contributed by atoms with Gasteiger partial charge in [0.05, 0.1) is 23.4 Å². The fraction of sp³-hybridized carbons (Fsp3) is 0.393. The number of anilines is 1. The number of piperidine rings is 1. The van der Waals surface area contributed by atoms with E-state index >= 15 is 0 Å². The molecule has 0 bridgehead atoms. The van der Waals surface area contributed by atoms with Crippen LogP contribution in [0.15, 0.2) is 48.0 Å². The van der Waals surface area contributed by atoms with Crippen molar-refractivity contribution < 1.29 is 29.0 Å². The van der Waals surface area contributed by atoms with Gasteiger partial charge in [0.2, 0.25) is 0 Å². The fourth-order valence-electron chi connectivity index (χ4n) is 4.72. The van der Waals surface area contributed by atoms with E-state index < -0.39 is 23.1 Å². The smallest absolute Gasteiger partial charge is 0.410 e. The van der Waals surface area contributed by atoms with Crippen LogP contribution in [-0.2, 0) is 19.9 Å². The number of fused-ring (bicyclic) bond motifs is 1. The quantitative estimate of drug-likeness (QED) is 0.401. The van der Waals surface area contributed by atoms with E-state index in [0.29, 0.717) is 31.6 Å². The summed E-state index contributed by atoms with van der Waals surface area (Å²) in [6.07, 6.45) is 2.79. The molecule has 2 aromatic carbocycles. The van der Waals surface area contributed by atoms with Gasteiger partial charge in [0.25, 0.3) is 5.91 Å². The first-order valence-electron chi connectivity index (χ1n) is 12.2. The lowest BCUT2D eigenvalue weighted by Gasteiger charge is -2.31. The van der Waals surface area contributed by atoms with E-state index in [-0.39, 0.29) is 39.4 Å². The molecule has 8 nitrogen and oxygen atoms in total. The maximum Gasteiger partial charge on any atom is 0.410 e. The minimum Gasteiger partial charge on any atom is -0.465 e. The third-order valence-corrected chi connectivity index (χ3v) is 7.21. The zero-order chi connectivity index (χ0) is 27.8. The first-order valence-corrected chi connectivity index (χ1v) is 13.0. The van der Waals surface area contributed by atoms with Crippen molar-refractivity contribution in [1.29, 1.82) is 0 Å². The molecule has 1 unspecified atom stereocenters. The third-order valence-electron chi connectivity index (χ3n) is 6.58. The van der Waals surface area contributed by atoms with Crippen LogP contribution in [-0.4, -0.2) is 60.3 Å². The lowest BCUT2D eigenvalue weighted by atomic mass is 9.87. The van der Waals surface area contributed by atoms with E-state index in [4.69, 9.17) is 32.7 Å². The minimum absolute atomic E-state index is 0.0412. The van der Waals surface area contributed by atoms with Gasteiger partial charge in [0.1, 0.15) is 5.60 Å². The molecular weight excluding hydrogens is 531 g/mol. The Hall–Kier alpha value is -3.07. The van der Waals surface area contributed by atoms with Crippen molar-refractivity contribution in [2.75, 3.05) is 31.6 Å². The number of esters is 1. The number of benzene rings is 2. The van der Waals surface area contributed by atoms with Crippen molar-refractivity contribution in [2.45, 2.75) is 44.8 Å². The van der Waals surface area contributed by atoms with Gasteiger partial charge in [0, 0.05) is 35.8 Å². The third kappa shape index (κ3) is 5.25. The zero-order valence-electron chi connectivity index (χ0n) is 21.7. The molecule has 0 spiro atoms. The first-order chi connectivity index (χ1) is 17.9. The Balaban J connectivity index is 1.65. The summed E-state index contributed by atoms with van der Waals surface area (Å²) < 4.78 is 10.3. The van der Waals surface area contributed by atoms with Gasteiger partial charge >= 0.3 is 12.1 Å². The minimum atomic E-state index is -2.14. The number of ether oxygens (including phenoxy) is 2. The Morgan fingerprint density at radius 2 is 1.76 bits per heavy atom. The molecule has 2 aromatic rings. The van der Waals surface area contributed by atoms with Crippen LogP contribution in [0.1, 0.15) is 55.1 Å². The molecule has 2 amide bonds. The number of amides is 2. The van der Waals surface area contributed by atoms with Crippen LogP contribution < -0.4 is 4.90 Å². The van der Waals surface area contributed by atoms with Crippen molar-refractivity contribution in [3.05, 3.63) is 74.8 Å². The molecule has 4 rings (SSSR count). The Morgan fingerprint density at radius 3 is 2.37 bits per heavy atom. The molecule has 1 saturated heterocycles. The zero-order valence-corrected chi connectivity index (χ0v) is 23.2. The largest absolute Gasteiger partial charge is 0.465 e. The average Bonchev–Trinajstić information content (AvgIpc) is 3.08. The predicted octanol–water partition coefficient (Wildman–Crippen LogP) is 5.32. The van der Waals surface area contributed by atoms with Crippen LogP contribution >= 0.6 is 23.2 Å². The summed E-state index contributed by atoms with van der Waals surface area (Å²) in [6, 6.07) is 9.39. The number of nitrogens with zero attached hydrogens (tertiary/aromatic N) is 2. The van der Waals surface area contributed by atoms with Crippen LogP contribution in [0.5, 0.6) is 0 Å². The Kier molecular flexibility index (Phi) is 7.79. The second-order valence-electron chi connectivity index (χ2n) is 10.3. The van der Waals surface area contributed by atoms with Gasteiger partial charge in [-0.25, -0.2) is 9.59 Å². The maximum absolute atomic E-state index is 13.8. The summed E-state index contributed by atoms with van der Waals surface area (Å²) in [4.78, 5) is 41.6. The van der Waals surface area contributed by atoms with Crippen molar-refractivity contribution in [3.63, 3.8) is 0 Å². The molecule has 0 aromatic heterocycles. The first kappa shape index (κ1) is 28.0. The van der Waals surface area contributed by atoms with Crippen LogP contribution in [0.25, 0.3) is 0 Å². The molecule has 1 atom stereocenters. The molecule has 10 heteroatoms. The summed E-state index contributed by atoms with van der Waals surface area (Å²) in [7, 11) is 1.25. The Morgan fingerprint density at radius 1 is 1.11 bits per heavy atom. The van der Waals surface area contributed by atoms with Crippen LogP contribution in [0, 0.1) is 0 Å². The monoisotopic (exact) mass is 560 g/mol. The molecule has 0 radical (unpaired) electrons. The van der Waals surface area contributed by atoms with Gasteiger partial charge in [-0.15, -0.1) is 0 Å². The van der Waals surface area contributed by atoms with Crippen molar-refractivity contribution in [1.82, 2.24) is 4.90 Å². The highest BCUT2D eigenvalue weighted by atomic mass is 35.5. The number of rotatable bonds is 4. The topological polar surface area (TPSA) is 96.4 Å². The molecule has 2 aliphatic rings. The van der Waals surface area contributed by atoms with Crippen molar-refractivity contribution >= 4 is 46.9 Å². The van der Waals surface area contributed by atoms with Crippen LogP contribution in [0.3, 0.4) is 0 Å². The molecule has 1 N–H and O–H groups in total. The number of hydrogen-bond acceptors (Lipinski definition) is 6. The number of halogens is 2. The summed E-state index contributed by atoms with van der Waals surface area (Å²) in [5.41, 5.74) is -0.853. The molecule has 38 heavy (non-hydrogen) atoms. The van der Waals surface area contributed by atoms with E-state index in [9.17, 15) is 19.5 Å². The number of methoxy groups -OCH3 is 1. The highest BCUT2D eigenvalue weighted by molar-refractivity contribution is 6.35. The number of aliphatic hydroxyl groups is 1. The average molecular weight is 561 g/mol. The van der Waals surface area contributed by atoms with E-state index in [2.05, 4.69) is 0 Å². The van der Waals surface area contributed by atoms with Crippen molar-refractivity contribution in [2.24, 2.45) is 0 Å². The summed E-state index contributed by atoms with van der Waals surface area (Å²) in [6.45, 7) is 6.59. The Labute approximate surface area is 231 Å². The number of likely N-dealkylation sites (tertiary alicyclic amines) is 1.